The Hall–Kier alpha value is -2.56. The van der Waals surface area contributed by atoms with Crippen LogP contribution in [0.5, 0.6) is 0 Å². The smallest absolute Gasteiger partial charge is 0.251 e. The van der Waals surface area contributed by atoms with Gasteiger partial charge in [-0.3, -0.25) is 9.59 Å². The molecule has 0 radical (unpaired) electrons. The highest BCUT2D eigenvalue weighted by atomic mass is 16.2. The van der Waals surface area contributed by atoms with Gasteiger partial charge in [-0.1, -0.05) is 18.2 Å². The van der Waals surface area contributed by atoms with Gasteiger partial charge in [0.1, 0.15) is 6.04 Å². The van der Waals surface area contributed by atoms with Crippen molar-refractivity contribution < 1.29 is 4.79 Å². The number of pyridine rings is 1. The maximum Gasteiger partial charge on any atom is 0.251 e. The zero-order valence-electron chi connectivity index (χ0n) is 11.5. The number of anilines is 2. The van der Waals surface area contributed by atoms with E-state index < -0.39 is 6.04 Å². The van der Waals surface area contributed by atoms with Crippen LogP contribution in [-0.4, -0.2) is 10.5 Å². The van der Waals surface area contributed by atoms with Crippen LogP contribution in [0.25, 0.3) is 0 Å². The van der Waals surface area contributed by atoms with Gasteiger partial charge < -0.3 is 15.6 Å². The van der Waals surface area contributed by atoms with Crippen LogP contribution in [-0.2, 0) is 4.79 Å². The summed E-state index contributed by atoms with van der Waals surface area (Å²) < 4.78 is 1.32. The number of hydrogen-bond donors (Lipinski definition) is 2. The van der Waals surface area contributed by atoms with Crippen LogP contribution >= 0.6 is 0 Å². The Bertz CT molecular complexity index is 692. The zero-order valence-corrected chi connectivity index (χ0v) is 11.5. The normalized spacial score (nSPS) is 11.9. The van der Waals surface area contributed by atoms with E-state index >= 15 is 0 Å². The highest BCUT2D eigenvalue weighted by Crippen LogP contribution is 2.15. The van der Waals surface area contributed by atoms with E-state index in [9.17, 15) is 9.59 Å². The van der Waals surface area contributed by atoms with Crippen LogP contribution in [0.15, 0.2) is 47.4 Å². The molecule has 104 valence electrons. The fraction of sp³-hybridized carbons (Fsp3) is 0.200. The summed E-state index contributed by atoms with van der Waals surface area (Å²) in [6, 6.07) is 9.72. The summed E-state index contributed by atoms with van der Waals surface area (Å²) in [6.45, 7) is 3.57. The van der Waals surface area contributed by atoms with E-state index in [-0.39, 0.29) is 11.5 Å². The standard InChI is InChI=1S/C15H17N3O2/c1-10-5-3-4-6-13(10)17-15(20)11(2)18-9-12(16)7-8-14(18)19/h3-9,11H,16H2,1-2H3,(H,17,20). The van der Waals surface area contributed by atoms with Gasteiger partial charge in [0.05, 0.1) is 0 Å². The van der Waals surface area contributed by atoms with Gasteiger partial charge in [0.25, 0.3) is 5.56 Å². The third-order valence-corrected chi connectivity index (χ3v) is 3.16. The zero-order chi connectivity index (χ0) is 14.7. The van der Waals surface area contributed by atoms with Crippen LogP contribution in [0, 0.1) is 6.92 Å². The third-order valence-electron chi connectivity index (χ3n) is 3.16. The quantitative estimate of drug-likeness (QED) is 0.895. The molecule has 0 aliphatic carbocycles. The van der Waals surface area contributed by atoms with Crippen molar-refractivity contribution >= 4 is 17.3 Å². The first kappa shape index (κ1) is 13.9. The number of para-hydroxylation sites is 1. The lowest BCUT2D eigenvalue weighted by molar-refractivity contribution is -0.118. The molecule has 2 rings (SSSR count). The number of amides is 1. The molecule has 1 amide bonds. The van der Waals surface area contributed by atoms with Gasteiger partial charge in [-0.2, -0.15) is 0 Å². The second kappa shape index (κ2) is 5.61. The summed E-state index contributed by atoms with van der Waals surface area (Å²) in [6.07, 6.45) is 1.48. The van der Waals surface area contributed by atoms with Crippen LogP contribution in [0.1, 0.15) is 18.5 Å². The first-order chi connectivity index (χ1) is 9.49. The number of carbonyl (C=O) groups excluding carboxylic acids is 1. The van der Waals surface area contributed by atoms with Crippen molar-refractivity contribution in [2.75, 3.05) is 11.1 Å². The number of benzene rings is 1. The number of aromatic nitrogens is 1. The summed E-state index contributed by atoms with van der Waals surface area (Å²) in [5, 5.41) is 2.82. The lowest BCUT2D eigenvalue weighted by atomic mass is 10.2. The van der Waals surface area contributed by atoms with Crippen molar-refractivity contribution in [2.24, 2.45) is 0 Å². The predicted molar refractivity (Wildman–Crippen MR) is 79.6 cm³/mol. The number of nitrogens with zero attached hydrogens (tertiary/aromatic N) is 1. The molecule has 20 heavy (non-hydrogen) atoms. The summed E-state index contributed by atoms with van der Waals surface area (Å²) in [5.41, 5.74) is 7.54. The second-order valence-electron chi connectivity index (χ2n) is 4.69. The fourth-order valence-corrected chi connectivity index (χ4v) is 1.90. The second-order valence-corrected chi connectivity index (χ2v) is 4.69. The average Bonchev–Trinajstić information content (AvgIpc) is 2.43. The van der Waals surface area contributed by atoms with Gasteiger partial charge in [0.15, 0.2) is 0 Å². The molecule has 2 aromatic rings. The molecule has 0 spiro atoms. The summed E-state index contributed by atoms with van der Waals surface area (Å²) in [5.74, 6) is -0.257. The van der Waals surface area contributed by atoms with E-state index in [0.29, 0.717) is 5.69 Å². The summed E-state index contributed by atoms with van der Waals surface area (Å²) >= 11 is 0. The summed E-state index contributed by atoms with van der Waals surface area (Å²) in [4.78, 5) is 24.0. The Morgan fingerprint density at radius 2 is 1.95 bits per heavy atom. The van der Waals surface area contributed by atoms with Gasteiger partial charge in [-0.05, 0) is 31.5 Å². The highest BCUT2D eigenvalue weighted by Gasteiger charge is 2.16. The molecule has 1 atom stereocenters. The van der Waals surface area contributed by atoms with Crippen LogP contribution in [0.4, 0.5) is 11.4 Å². The molecule has 1 aromatic heterocycles. The number of hydrogen-bond acceptors (Lipinski definition) is 3. The van der Waals surface area contributed by atoms with Gasteiger partial charge >= 0.3 is 0 Å². The molecule has 0 aliphatic heterocycles. The van der Waals surface area contributed by atoms with E-state index in [0.717, 1.165) is 11.3 Å². The van der Waals surface area contributed by atoms with Crippen molar-refractivity contribution in [1.29, 1.82) is 0 Å². The van der Waals surface area contributed by atoms with Gasteiger partial charge in [-0.15, -0.1) is 0 Å². The third kappa shape index (κ3) is 2.88. The van der Waals surface area contributed by atoms with Crippen molar-refractivity contribution in [3.05, 3.63) is 58.5 Å². The van der Waals surface area contributed by atoms with Crippen LogP contribution in [0.3, 0.4) is 0 Å². The Kier molecular flexibility index (Phi) is 3.89. The van der Waals surface area contributed by atoms with E-state index in [4.69, 9.17) is 5.73 Å². The minimum atomic E-state index is -0.634. The van der Waals surface area contributed by atoms with Gasteiger partial charge in [-0.25, -0.2) is 0 Å². The molecule has 0 bridgehead atoms. The molecule has 1 heterocycles. The number of aryl methyl sites for hydroxylation is 1. The summed E-state index contributed by atoms with van der Waals surface area (Å²) in [7, 11) is 0. The van der Waals surface area contributed by atoms with E-state index in [1.807, 2.05) is 31.2 Å². The fourth-order valence-electron chi connectivity index (χ4n) is 1.90. The van der Waals surface area contributed by atoms with Gasteiger partial charge in [0, 0.05) is 23.6 Å². The molecular formula is C15H17N3O2. The number of nitrogens with one attached hydrogen (secondary N) is 1. The van der Waals surface area contributed by atoms with Crippen LogP contribution < -0.4 is 16.6 Å². The minimum Gasteiger partial charge on any atom is -0.398 e. The predicted octanol–water partition coefficient (Wildman–Crippen LogP) is 1.94. The monoisotopic (exact) mass is 271 g/mol. The molecule has 0 aliphatic rings. The average molecular weight is 271 g/mol. The molecule has 1 unspecified atom stereocenters. The Morgan fingerprint density at radius 1 is 1.25 bits per heavy atom. The van der Waals surface area contributed by atoms with E-state index in [2.05, 4.69) is 5.32 Å². The van der Waals surface area contributed by atoms with Crippen molar-refractivity contribution in [1.82, 2.24) is 4.57 Å². The van der Waals surface area contributed by atoms with E-state index in [1.165, 1.54) is 22.9 Å². The topological polar surface area (TPSA) is 77.1 Å². The molecule has 3 N–H and O–H groups in total. The molecule has 0 saturated heterocycles. The lowest BCUT2D eigenvalue weighted by Gasteiger charge is -2.16. The molecule has 0 fully saturated rings. The van der Waals surface area contributed by atoms with Crippen molar-refractivity contribution in [3.63, 3.8) is 0 Å². The maximum absolute atomic E-state index is 12.2. The molecule has 1 aromatic carbocycles. The van der Waals surface area contributed by atoms with Crippen molar-refractivity contribution in [2.45, 2.75) is 19.9 Å². The Balaban J connectivity index is 2.23. The van der Waals surface area contributed by atoms with Crippen molar-refractivity contribution in [3.8, 4) is 0 Å². The molecular weight excluding hydrogens is 254 g/mol. The lowest BCUT2D eigenvalue weighted by Crippen LogP contribution is -2.31. The number of carbonyl (C=O) groups is 1. The molecule has 5 nitrogen and oxygen atoms in total. The maximum atomic E-state index is 12.2. The highest BCUT2D eigenvalue weighted by molar-refractivity contribution is 5.94. The van der Waals surface area contributed by atoms with E-state index in [1.54, 1.807) is 6.92 Å². The molecule has 0 saturated carbocycles. The van der Waals surface area contributed by atoms with Gasteiger partial charge in [0.2, 0.25) is 5.91 Å². The SMILES string of the molecule is Cc1ccccc1NC(=O)C(C)n1cc(N)ccc1=O. The minimum absolute atomic E-state index is 0.257. The van der Waals surface area contributed by atoms with Crippen LogP contribution in [0.2, 0.25) is 0 Å². The number of nitrogen functional groups attached to an aromatic ring is 1. The number of rotatable bonds is 3. The number of nitrogens with two attached hydrogens (primary N) is 1. The first-order valence-corrected chi connectivity index (χ1v) is 6.33. The molecule has 5 heteroatoms. The largest absolute Gasteiger partial charge is 0.398 e. The Labute approximate surface area is 117 Å². The Morgan fingerprint density at radius 3 is 2.65 bits per heavy atom. The first-order valence-electron chi connectivity index (χ1n) is 6.33.